The summed E-state index contributed by atoms with van der Waals surface area (Å²) in [6.45, 7) is 0.283. The molecule has 1 rings (SSSR count). The van der Waals surface area contributed by atoms with Gasteiger partial charge in [0.05, 0.1) is 23.8 Å². The summed E-state index contributed by atoms with van der Waals surface area (Å²) in [6.07, 6.45) is 1.48. The number of hydrogen-bond donors (Lipinski definition) is 3. The molecule has 0 radical (unpaired) electrons. The van der Waals surface area contributed by atoms with Crippen molar-refractivity contribution in [3.8, 4) is 11.8 Å². The molecule has 1 aromatic carbocycles. The van der Waals surface area contributed by atoms with Crippen LogP contribution in [0.25, 0.3) is 0 Å². The van der Waals surface area contributed by atoms with E-state index in [2.05, 4.69) is 10.6 Å². The third-order valence-electron chi connectivity index (χ3n) is 2.97. The summed E-state index contributed by atoms with van der Waals surface area (Å²) in [4.78, 5) is 32.6. The highest BCUT2D eigenvalue weighted by Gasteiger charge is 2.15. The van der Waals surface area contributed by atoms with Crippen molar-refractivity contribution in [3.63, 3.8) is 0 Å². The molecule has 0 aliphatic rings. The van der Waals surface area contributed by atoms with E-state index in [-0.39, 0.29) is 35.7 Å². The number of carbonyl (C=O) groups excluding carboxylic acids is 1. The molecule has 0 saturated heterocycles. The van der Waals surface area contributed by atoms with E-state index in [1.807, 2.05) is 0 Å². The van der Waals surface area contributed by atoms with Gasteiger partial charge < -0.3 is 20.5 Å². The molecule has 10 nitrogen and oxygen atoms in total. The Hall–Kier alpha value is -3.61. The Morgan fingerprint density at radius 2 is 2.20 bits per heavy atom. The Kier molecular flexibility index (Phi) is 7.39. The number of carbonyl (C=O) groups is 2. The summed E-state index contributed by atoms with van der Waals surface area (Å²) in [5, 5.41) is 33.4. The van der Waals surface area contributed by atoms with Crippen molar-refractivity contribution in [2.45, 2.75) is 12.8 Å². The normalized spacial score (nSPS) is 10.5. The van der Waals surface area contributed by atoms with Crippen LogP contribution in [0.4, 0.5) is 11.4 Å². The second kappa shape index (κ2) is 9.51. The number of carboxylic acid groups (broad SMARTS) is 1. The van der Waals surface area contributed by atoms with Crippen LogP contribution in [0.1, 0.15) is 12.8 Å². The zero-order chi connectivity index (χ0) is 18.8. The van der Waals surface area contributed by atoms with Gasteiger partial charge >= 0.3 is 5.97 Å². The molecule has 3 N–H and O–H groups in total. The van der Waals surface area contributed by atoms with Crippen molar-refractivity contribution in [2.24, 2.45) is 0 Å². The first kappa shape index (κ1) is 19.4. The molecule has 0 aliphatic carbocycles. The number of anilines is 1. The van der Waals surface area contributed by atoms with Crippen molar-refractivity contribution >= 4 is 23.3 Å². The van der Waals surface area contributed by atoms with Gasteiger partial charge in [0.25, 0.3) is 11.6 Å². The van der Waals surface area contributed by atoms with Gasteiger partial charge in [-0.05, 0) is 12.5 Å². The topological polar surface area (TPSA) is 155 Å². The number of nitro benzene ring substituents is 1. The monoisotopic (exact) mass is 348 g/mol. The van der Waals surface area contributed by atoms with Crippen LogP contribution in [0.15, 0.2) is 30.0 Å². The van der Waals surface area contributed by atoms with Gasteiger partial charge in [-0.25, -0.2) is 0 Å². The van der Waals surface area contributed by atoms with Crippen LogP contribution in [0.5, 0.6) is 5.75 Å². The minimum Gasteiger partial charge on any atom is -0.494 e. The molecule has 25 heavy (non-hydrogen) atoms. The lowest BCUT2D eigenvalue weighted by Gasteiger charge is -2.09. The van der Waals surface area contributed by atoms with E-state index in [1.54, 1.807) is 6.07 Å². The van der Waals surface area contributed by atoms with Gasteiger partial charge in [0.2, 0.25) is 0 Å². The minimum atomic E-state index is -0.936. The van der Waals surface area contributed by atoms with Gasteiger partial charge in [0, 0.05) is 25.2 Å². The molecular formula is C15H16N4O6. The van der Waals surface area contributed by atoms with Crippen molar-refractivity contribution in [2.75, 3.05) is 19.0 Å². The van der Waals surface area contributed by atoms with E-state index < -0.39 is 16.8 Å². The van der Waals surface area contributed by atoms with Crippen LogP contribution >= 0.6 is 0 Å². The van der Waals surface area contributed by atoms with Gasteiger partial charge in [-0.3, -0.25) is 19.7 Å². The molecule has 1 amide bonds. The van der Waals surface area contributed by atoms with E-state index in [0.717, 1.165) is 6.07 Å². The highest BCUT2D eigenvalue weighted by atomic mass is 16.6. The fourth-order valence-corrected chi connectivity index (χ4v) is 1.75. The van der Waals surface area contributed by atoms with E-state index >= 15 is 0 Å². The van der Waals surface area contributed by atoms with Crippen LogP contribution in [0.2, 0.25) is 0 Å². The largest absolute Gasteiger partial charge is 0.494 e. The molecular weight excluding hydrogens is 332 g/mol. The fraction of sp³-hybridized carbons (Fsp3) is 0.267. The van der Waals surface area contributed by atoms with E-state index in [9.17, 15) is 19.7 Å². The number of aliphatic carboxylic acids is 1. The Morgan fingerprint density at radius 3 is 2.76 bits per heavy atom. The van der Waals surface area contributed by atoms with E-state index in [4.69, 9.17) is 15.1 Å². The van der Waals surface area contributed by atoms with Crippen LogP contribution in [-0.4, -0.2) is 35.6 Å². The predicted molar refractivity (Wildman–Crippen MR) is 86.8 cm³/mol. The Morgan fingerprint density at radius 1 is 1.48 bits per heavy atom. The van der Waals surface area contributed by atoms with Crippen molar-refractivity contribution < 1.29 is 24.4 Å². The average molecular weight is 348 g/mol. The van der Waals surface area contributed by atoms with Crippen molar-refractivity contribution in [1.29, 1.82) is 5.26 Å². The number of methoxy groups -OCH3 is 1. The summed E-state index contributed by atoms with van der Waals surface area (Å²) in [5.74, 6) is -1.59. The second-order valence-corrected chi connectivity index (χ2v) is 4.72. The Labute approximate surface area is 142 Å². The van der Waals surface area contributed by atoms with Gasteiger partial charge in [0.15, 0.2) is 0 Å². The van der Waals surface area contributed by atoms with Crippen molar-refractivity contribution in [1.82, 2.24) is 5.32 Å². The van der Waals surface area contributed by atoms with Crippen LogP contribution in [0.3, 0.4) is 0 Å². The summed E-state index contributed by atoms with van der Waals surface area (Å²) < 4.78 is 4.99. The molecule has 10 heteroatoms. The summed E-state index contributed by atoms with van der Waals surface area (Å²) in [6, 6.07) is 5.35. The van der Waals surface area contributed by atoms with E-state index in [0.29, 0.717) is 6.42 Å². The number of carboxylic acids is 1. The maximum atomic E-state index is 12.1. The molecule has 132 valence electrons. The summed E-state index contributed by atoms with van der Waals surface area (Å²) in [7, 11) is 1.29. The van der Waals surface area contributed by atoms with Crippen LogP contribution < -0.4 is 15.4 Å². The van der Waals surface area contributed by atoms with Crippen LogP contribution in [0, 0.1) is 21.4 Å². The number of non-ortho nitro benzene ring substituents is 1. The zero-order valence-corrected chi connectivity index (χ0v) is 13.3. The highest BCUT2D eigenvalue weighted by molar-refractivity contribution is 6.07. The number of amides is 1. The Bertz CT molecular complexity index is 738. The standard InChI is InChI=1S/C15H16N4O6/c1-25-13-7-11(19(23)24)4-5-12(13)18-15(22)10(8-16)9-17-6-2-3-14(20)21/h4-5,7,9,17H,2-3,6H2,1H3,(H,18,22)(H,20,21)/b10-9-. The molecule has 0 heterocycles. The van der Waals surface area contributed by atoms with E-state index in [1.165, 1.54) is 25.4 Å². The maximum absolute atomic E-state index is 12.1. The van der Waals surface area contributed by atoms with Crippen LogP contribution in [-0.2, 0) is 9.59 Å². The number of nitriles is 1. The van der Waals surface area contributed by atoms with Gasteiger partial charge in [-0.1, -0.05) is 0 Å². The number of ether oxygens (including phenoxy) is 1. The molecule has 0 aromatic heterocycles. The van der Waals surface area contributed by atoms with Gasteiger partial charge in [-0.2, -0.15) is 5.26 Å². The lowest BCUT2D eigenvalue weighted by molar-refractivity contribution is -0.384. The molecule has 0 spiro atoms. The van der Waals surface area contributed by atoms with Gasteiger partial charge in [-0.15, -0.1) is 0 Å². The lowest BCUT2D eigenvalue weighted by Crippen LogP contribution is -2.18. The number of benzene rings is 1. The third-order valence-corrected chi connectivity index (χ3v) is 2.97. The SMILES string of the molecule is COc1cc([N+](=O)[O-])ccc1NC(=O)/C(C#N)=C\NCCCC(=O)O. The molecule has 0 fully saturated rings. The first-order chi connectivity index (χ1) is 11.9. The quantitative estimate of drug-likeness (QED) is 0.199. The number of rotatable bonds is 9. The average Bonchev–Trinajstić information content (AvgIpc) is 2.57. The first-order valence-electron chi connectivity index (χ1n) is 7.08. The van der Waals surface area contributed by atoms with Crippen molar-refractivity contribution in [3.05, 3.63) is 40.1 Å². The Balaban J connectivity index is 2.77. The molecule has 0 atom stereocenters. The molecule has 0 aliphatic heterocycles. The number of nitrogens with one attached hydrogen (secondary N) is 2. The summed E-state index contributed by atoms with van der Waals surface area (Å²) >= 11 is 0. The van der Waals surface area contributed by atoms with Gasteiger partial charge in [0.1, 0.15) is 17.4 Å². The number of nitro groups is 1. The first-order valence-corrected chi connectivity index (χ1v) is 7.08. The molecule has 1 aromatic rings. The minimum absolute atomic E-state index is 0.0328. The molecule has 0 bridgehead atoms. The molecule has 0 unspecified atom stereocenters. The lowest BCUT2D eigenvalue weighted by atomic mass is 10.2. The maximum Gasteiger partial charge on any atom is 0.303 e. The number of hydrogen-bond acceptors (Lipinski definition) is 7. The number of nitrogens with zero attached hydrogens (tertiary/aromatic N) is 2. The second-order valence-electron chi connectivity index (χ2n) is 4.72. The third kappa shape index (κ3) is 6.19. The predicted octanol–water partition coefficient (Wildman–Crippen LogP) is 1.40. The molecule has 0 saturated carbocycles. The fourth-order valence-electron chi connectivity index (χ4n) is 1.75. The zero-order valence-electron chi connectivity index (χ0n) is 13.3. The summed E-state index contributed by atoms with van der Waals surface area (Å²) in [5.41, 5.74) is -0.271. The highest BCUT2D eigenvalue weighted by Crippen LogP contribution is 2.29. The smallest absolute Gasteiger partial charge is 0.303 e.